The van der Waals surface area contributed by atoms with Crippen LogP contribution in [0.3, 0.4) is 0 Å². The minimum Gasteiger partial charge on any atom is -0.481 e. The summed E-state index contributed by atoms with van der Waals surface area (Å²) in [7, 11) is 0. The highest BCUT2D eigenvalue weighted by Crippen LogP contribution is 2.58. The summed E-state index contributed by atoms with van der Waals surface area (Å²) in [5.74, 6) is -2.21. The van der Waals surface area contributed by atoms with Gasteiger partial charge in [0.15, 0.2) is 0 Å². The van der Waals surface area contributed by atoms with Crippen LogP contribution in [0.25, 0.3) is 5.69 Å². The van der Waals surface area contributed by atoms with Crippen molar-refractivity contribution in [2.45, 2.75) is 26.8 Å². The molecule has 1 unspecified atom stereocenters. The molecule has 0 bridgehead atoms. The minimum absolute atomic E-state index is 0.201. The summed E-state index contributed by atoms with van der Waals surface area (Å²) < 4.78 is 1.65. The van der Waals surface area contributed by atoms with E-state index in [9.17, 15) is 14.7 Å². The van der Waals surface area contributed by atoms with Crippen molar-refractivity contribution in [3.8, 4) is 5.69 Å². The molecule has 1 fully saturated rings. The first kappa shape index (κ1) is 16.2. The first-order valence-corrected chi connectivity index (χ1v) is 7.80. The van der Waals surface area contributed by atoms with Gasteiger partial charge in [-0.1, -0.05) is 26.0 Å². The van der Waals surface area contributed by atoms with E-state index in [4.69, 9.17) is 0 Å². The van der Waals surface area contributed by atoms with Gasteiger partial charge in [0.2, 0.25) is 5.91 Å². The summed E-state index contributed by atoms with van der Waals surface area (Å²) in [5.41, 5.74) is 1.33. The van der Waals surface area contributed by atoms with Crippen LogP contribution in [0.5, 0.6) is 0 Å². The highest BCUT2D eigenvalue weighted by molar-refractivity contribution is 5.91. The third-order valence-electron chi connectivity index (χ3n) is 4.81. The molecular formula is C17H20N4O3. The molecular weight excluding hydrogens is 308 g/mol. The van der Waals surface area contributed by atoms with E-state index in [1.54, 1.807) is 11.0 Å². The van der Waals surface area contributed by atoms with Crippen molar-refractivity contribution >= 4 is 11.9 Å². The van der Waals surface area contributed by atoms with E-state index in [0.717, 1.165) is 11.3 Å². The number of hydrogen-bond donors (Lipinski definition) is 2. The number of amides is 1. The Morgan fingerprint density at radius 1 is 1.25 bits per heavy atom. The van der Waals surface area contributed by atoms with Gasteiger partial charge < -0.3 is 10.4 Å². The second kappa shape index (κ2) is 5.74. The minimum atomic E-state index is -0.912. The Balaban J connectivity index is 1.66. The van der Waals surface area contributed by atoms with Crippen molar-refractivity contribution < 1.29 is 14.7 Å². The van der Waals surface area contributed by atoms with Crippen molar-refractivity contribution in [3.63, 3.8) is 0 Å². The summed E-state index contributed by atoms with van der Waals surface area (Å²) in [6, 6.07) is 7.42. The predicted octanol–water partition coefficient (Wildman–Crippen LogP) is 1.80. The molecule has 0 saturated heterocycles. The van der Waals surface area contributed by atoms with Crippen LogP contribution in [0.1, 0.15) is 32.4 Å². The van der Waals surface area contributed by atoms with E-state index in [1.165, 1.54) is 6.33 Å². The number of aromatic nitrogens is 3. The molecule has 126 valence electrons. The van der Waals surface area contributed by atoms with Gasteiger partial charge in [0.25, 0.3) is 0 Å². The van der Waals surface area contributed by atoms with Crippen molar-refractivity contribution in [2.75, 3.05) is 0 Å². The molecule has 2 N–H and O–H groups in total. The molecule has 1 saturated carbocycles. The molecule has 1 aromatic carbocycles. The topological polar surface area (TPSA) is 97.1 Å². The number of carbonyl (C=O) groups excluding carboxylic acids is 1. The lowest BCUT2D eigenvalue weighted by Gasteiger charge is -2.15. The lowest BCUT2D eigenvalue weighted by Crippen LogP contribution is -2.30. The van der Waals surface area contributed by atoms with Gasteiger partial charge in [-0.15, -0.1) is 0 Å². The quantitative estimate of drug-likeness (QED) is 0.872. The summed E-state index contributed by atoms with van der Waals surface area (Å²) >= 11 is 0. The molecule has 7 nitrogen and oxygen atoms in total. The Morgan fingerprint density at radius 2 is 1.92 bits per heavy atom. The van der Waals surface area contributed by atoms with Crippen LogP contribution < -0.4 is 5.32 Å². The molecule has 0 radical (unpaired) electrons. The molecule has 3 rings (SSSR count). The van der Waals surface area contributed by atoms with Crippen molar-refractivity contribution in [2.24, 2.45) is 17.3 Å². The molecule has 1 heterocycles. The third kappa shape index (κ3) is 2.77. The lowest BCUT2D eigenvalue weighted by atomic mass is 10.1. The fourth-order valence-corrected chi connectivity index (χ4v) is 3.23. The molecule has 1 amide bonds. The van der Waals surface area contributed by atoms with Crippen LogP contribution in [0.2, 0.25) is 0 Å². The molecule has 2 aromatic rings. The molecule has 24 heavy (non-hydrogen) atoms. The molecule has 0 spiro atoms. The number of benzene rings is 1. The molecule has 1 aromatic heterocycles. The smallest absolute Gasteiger partial charge is 0.307 e. The number of hydrogen-bond acceptors (Lipinski definition) is 4. The predicted molar refractivity (Wildman–Crippen MR) is 86.3 cm³/mol. The van der Waals surface area contributed by atoms with Crippen LogP contribution >= 0.6 is 0 Å². The van der Waals surface area contributed by atoms with Crippen LogP contribution in [-0.2, 0) is 9.59 Å². The van der Waals surface area contributed by atoms with E-state index in [0.29, 0.717) is 0 Å². The Hall–Kier alpha value is -2.70. The number of carboxylic acid groups (broad SMARTS) is 1. The van der Waals surface area contributed by atoms with E-state index < -0.39 is 23.2 Å². The highest BCUT2D eigenvalue weighted by atomic mass is 16.4. The highest BCUT2D eigenvalue weighted by Gasteiger charge is 2.65. The van der Waals surface area contributed by atoms with Gasteiger partial charge in [-0.25, -0.2) is 9.67 Å². The van der Waals surface area contributed by atoms with Crippen LogP contribution in [-0.4, -0.2) is 31.7 Å². The number of rotatable bonds is 5. The Labute approximate surface area is 139 Å². The molecule has 1 aliphatic carbocycles. The second-order valence-electron chi connectivity index (χ2n) is 6.78. The first-order valence-electron chi connectivity index (χ1n) is 7.80. The largest absolute Gasteiger partial charge is 0.481 e. The molecule has 3 atom stereocenters. The van der Waals surface area contributed by atoms with Gasteiger partial charge >= 0.3 is 5.97 Å². The van der Waals surface area contributed by atoms with Crippen LogP contribution in [0.4, 0.5) is 0 Å². The van der Waals surface area contributed by atoms with Crippen molar-refractivity contribution in [3.05, 3.63) is 42.5 Å². The standard InChI is InChI=1S/C17H20N4O3/c1-10(20-15(22)13-14(16(23)24)17(13,2)3)11-4-6-12(7-5-11)21-9-18-8-19-21/h4-10,13-14H,1-3H3,(H,20,22)(H,23,24)/t10?,13-,14+/m0/s1. The zero-order valence-corrected chi connectivity index (χ0v) is 13.8. The van der Waals surface area contributed by atoms with Gasteiger partial charge in [-0.2, -0.15) is 5.10 Å². The second-order valence-corrected chi connectivity index (χ2v) is 6.78. The fraction of sp³-hybridized carbons (Fsp3) is 0.412. The SMILES string of the molecule is CC(NC(=O)[C@@H]1[C@H](C(=O)O)C1(C)C)c1ccc(-n2cncn2)cc1. The number of nitrogens with zero attached hydrogens (tertiary/aromatic N) is 3. The van der Waals surface area contributed by atoms with Gasteiger partial charge in [0, 0.05) is 0 Å². The summed E-state index contributed by atoms with van der Waals surface area (Å²) in [6.07, 6.45) is 3.08. The fourth-order valence-electron chi connectivity index (χ4n) is 3.23. The van der Waals surface area contributed by atoms with Crippen molar-refractivity contribution in [1.82, 2.24) is 20.1 Å². The Bertz CT molecular complexity index is 753. The summed E-state index contributed by atoms with van der Waals surface area (Å²) in [6.45, 7) is 5.51. The molecule has 0 aliphatic heterocycles. The number of carbonyl (C=O) groups is 2. The summed E-state index contributed by atoms with van der Waals surface area (Å²) in [4.78, 5) is 27.5. The van der Waals surface area contributed by atoms with E-state index >= 15 is 0 Å². The normalized spacial score (nSPS) is 22.6. The Morgan fingerprint density at radius 3 is 2.42 bits per heavy atom. The van der Waals surface area contributed by atoms with E-state index in [-0.39, 0.29) is 11.9 Å². The van der Waals surface area contributed by atoms with Crippen LogP contribution in [0, 0.1) is 17.3 Å². The van der Waals surface area contributed by atoms with Crippen molar-refractivity contribution in [1.29, 1.82) is 0 Å². The van der Waals surface area contributed by atoms with Gasteiger partial charge in [0.1, 0.15) is 12.7 Å². The number of carboxylic acids is 1. The van der Waals surface area contributed by atoms with Gasteiger partial charge in [0.05, 0.1) is 23.6 Å². The monoisotopic (exact) mass is 328 g/mol. The maximum Gasteiger partial charge on any atom is 0.307 e. The maximum atomic E-state index is 12.4. The Kier molecular flexibility index (Phi) is 3.87. The summed E-state index contributed by atoms with van der Waals surface area (Å²) in [5, 5.41) is 16.2. The van der Waals surface area contributed by atoms with Gasteiger partial charge in [-0.05, 0) is 30.0 Å². The number of nitrogens with one attached hydrogen (secondary N) is 1. The number of aliphatic carboxylic acids is 1. The zero-order chi connectivity index (χ0) is 17.5. The third-order valence-corrected chi connectivity index (χ3v) is 4.81. The first-order chi connectivity index (χ1) is 11.3. The molecule has 7 heteroatoms. The van der Waals surface area contributed by atoms with E-state index in [2.05, 4.69) is 15.4 Å². The zero-order valence-electron chi connectivity index (χ0n) is 13.8. The molecule has 1 aliphatic rings. The average molecular weight is 328 g/mol. The average Bonchev–Trinajstić information content (AvgIpc) is 2.90. The van der Waals surface area contributed by atoms with Gasteiger partial charge in [-0.3, -0.25) is 9.59 Å². The lowest BCUT2D eigenvalue weighted by molar-refractivity contribution is -0.140. The van der Waals surface area contributed by atoms with Crippen LogP contribution in [0.15, 0.2) is 36.9 Å². The maximum absolute atomic E-state index is 12.4. The van der Waals surface area contributed by atoms with E-state index in [1.807, 2.05) is 45.0 Å².